The lowest BCUT2D eigenvalue weighted by atomic mass is 9.63. The summed E-state index contributed by atoms with van der Waals surface area (Å²) < 4.78 is 34.3. The Morgan fingerprint density at radius 2 is 1.83 bits per heavy atom. The summed E-state index contributed by atoms with van der Waals surface area (Å²) in [5.74, 6) is 0.745. The van der Waals surface area contributed by atoms with Crippen LogP contribution in [0.3, 0.4) is 0 Å². The molecule has 2 saturated carbocycles. The van der Waals surface area contributed by atoms with Crippen molar-refractivity contribution in [1.29, 1.82) is 0 Å². The van der Waals surface area contributed by atoms with Crippen molar-refractivity contribution in [3.8, 4) is 0 Å². The number of halogens is 2. The molecule has 29 heavy (non-hydrogen) atoms. The highest BCUT2D eigenvalue weighted by Gasteiger charge is 2.36. The van der Waals surface area contributed by atoms with Crippen LogP contribution in [0, 0.1) is 29.4 Å². The van der Waals surface area contributed by atoms with Crippen molar-refractivity contribution in [3.63, 3.8) is 0 Å². The monoisotopic (exact) mass is 400 g/mol. The molecule has 0 heterocycles. The summed E-state index contributed by atoms with van der Waals surface area (Å²) >= 11 is 0. The highest BCUT2D eigenvalue weighted by atomic mass is 19.1. The summed E-state index contributed by atoms with van der Waals surface area (Å²) in [6, 6.07) is 6.17. The lowest BCUT2D eigenvalue weighted by molar-refractivity contribution is 0.0596. The third kappa shape index (κ3) is 3.91. The van der Waals surface area contributed by atoms with Crippen LogP contribution in [-0.2, 0) is 4.74 Å². The Balaban J connectivity index is 1.57. The van der Waals surface area contributed by atoms with Gasteiger partial charge in [0.05, 0.1) is 12.7 Å². The summed E-state index contributed by atoms with van der Waals surface area (Å²) in [4.78, 5) is 11.7. The van der Waals surface area contributed by atoms with Gasteiger partial charge in [0.25, 0.3) is 0 Å². The lowest BCUT2D eigenvalue weighted by Gasteiger charge is -2.42. The summed E-state index contributed by atoms with van der Waals surface area (Å²) in [7, 11) is 1.21. The molecular weight excluding hydrogens is 370 g/mol. The minimum Gasteiger partial charge on any atom is -0.465 e. The number of hydrogen-bond acceptors (Lipinski definition) is 2. The summed E-state index contributed by atoms with van der Waals surface area (Å²) in [5.41, 5.74) is 0.549. The van der Waals surface area contributed by atoms with Gasteiger partial charge in [0.1, 0.15) is 11.6 Å². The van der Waals surface area contributed by atoms with E-state index in [-0.39, 0.29) is 22.7 Å². The first kappa shape index (κ1) is 20.3. The highest BCUT2D eigenvalue weighted by Crippen LogP contribution is 2.49. The molecular formula is C25H30F2O2. The molecule has 2 aliphatic carbocycles. The van der Waals surface area contributed by atoms with Crippen LogP contribution in [0.4, 0.5) is 8.78 Å². The van der Waals surface area contributed by atoms with E-state index in [0.717, 1.165) is 24.7 Å². The van der Waals surface area contributed by atoms with Gasteiger partial charge >= 0.3 is 5.97 Å². The van der Waals surface area contributed by atoms with Crippen LogP contribution >= 0.6 is 0 Å². The Bertz CT molecular complexity index is 907. The molecule has 4 unspecified atom stereocenters. The van der Waals surface area contributed by atoms with Crippen LogP contribution in [0.25, 0.3) is 10.8 Å². The Hall–Kier alpha value is -1.97. The van der Waals surface area contributed by atoms with Gasteiger partial charge in [0.2, 0.25) is 0 Å². The summed E-state index contributed by atoms with van der Waals surface area (Å²) in [6.07, 6.45) is 9.73. The Morgan fingerprint density at radius 3 is 2.59 bits per heavy atom. The van der Waals surface area contributed by atoms with Crippen molar-refractivity contribution in [2.24, 2.45) is 17.8 Å². The van der Waals surface area contributed by atoms with Gasteiger partial charge < -0.3 is 4.74 Å². The number of esters is 1. The van der Waals surface area contributed by atoms with E-state index in [1.807, 2.05) is 0 Å². The van der Waals surface area contributed by atoms with Crippen molar-refractivity contribution >= 4 is 16.7 Å². The van der Waals surface area contributed by atoms with Gasteiger partial charge in [-0.25, -0.2) is 13.6 Å². The van der Waals surface area contributed by atoms with E-state index in [4.69, 9.17) is 0 Å². The van der Waals surface area contributed by atoms with Gasteiger partial charge in [-0.2, -0.15) is 0 Å². The van der Waals surface area contributed by atoms with Gasteiger partial charge in [-0.15, -0.1) is 0 Å². The Labute approximate surface area is 171 Å². The van der Waals surface area contributed by atoms with Crippen molar-refractivity contribution in [1.82, 2.24) is 0 Å². The highest BCUT2D eigenvalue weighted by molar-refractivity contribution is 5.96. The molecule has 0 spiro atoms. The molecule has 2 aromatic carbocycles. The molecule has 0 N–H and O–H groups in total. The van der Waals surface area contributed by atoms with Crippen molar-refractivity contribution in [3.05, 3.63) is 47.0 Å². The van der Waals surface area contributed by atoms with E-state index in [0.29, 0.717) is 16.9 Å². The minimum absolute atomic E-state index is 0.142. The third-order valence-corrected chi connectivity index (χ3v) is 7.34. The molecule has 0 amide bonds. The number of hydrogen-bond donors (Lipinski definition) is 0. The molecule has 2 aliphatic rings. The predicted octanol–water partition coefficient (Wildman–Crippen LogP) is 7.00. The number of benzene rings is 2. The second kappa shape index (κ2) is 8.41. The van der Waals surface area contributed by atoms with Gasteiger partial charge in [0.15, 0.2) is 0 Å². The maximum absolute atomic E-state index is 15.0. The van der Waals surface area contributed by atoms with Gasteiger partial charge in [0, 0.05) is 5.39 Å². The Morgan fingerprint density at radius 1 is 1.07 bits per heavy atom. The molecule has 0 bridgehead atoms. The van der Waals surface area contributed by atoms with Gasteiger partial charge in [-0.1, -0.05) is 32.3 Å². The van der Waals surface area contributed by atoms with Crippen molar-refractivity contribution < 1.29 is 18.3 Å². The number of methoxy groups -OCH3 is 1. The average molecular weight is 401 g/mol. The molecule has 4 atom stereocenters. The third-order valence-electron chi connectivity index (χ3n) is 7.34. The smallest absolute Gasteiger partial charge is 0.340 e. The normalized spacial score (nSPS) is 26.9. The average Bonchev–Trinajstić information content (AvgIpc) is 2.73. The first-order valence-corrected chi connectivity index (χ1v) is 11.0. The fraction of sp³-hybridized carbons (Fsp3) is 0.560. The zero-order valence-electron chi connectivity index (χ0n) is 17.3. The quantitative estimate of drug-likeness (QED) is 0.516. The molecule has 0 aliphatic heterocycles. The van der Waals surface area contributed by atoms with Crippen molar-refractivity contribution in [2.75, 3.05) is 7.11 Å². The maximum Gasteiger partial charge on any atom is 0.340 e. The largest absolute Gasteiger partial charge is 0.465 e. The van der Waals surface area contributed by atoms with Crippen LogP contribution in [0.2, 0.25) is 0 Å². The van der Waals surface area contributed by atoms with E-state index in [1.165, 1.54) is 57.8 Å². The second-order valence-electron chi connectivity index (χ2n) is 9.01. The fourth-order valence-electron chi connectivity index (χ4n) is 5.85. The van der Waals surface area contributed by atoms with Crippen LogP contribution in [-0.4, -0.2) is 13.1 Å². The molecule has 4 rings (SSSR count). The Kier molecular flexibility index (Phi) is 5.89. The van der Waals surface area contributed by atoms with Gasteiger partial charge in [-0.05, 0) is 84.9 Å². The molecule has 156 valence electrons. The number of carbonyl (C=O) groups is 1. The molecule has 0 aromatic heterocycles. The molecule has 4 heteroatoms. The van der Waals surface area contributed by atoms with E-state index in [1.54, 1.807) is 12.1 Å². The number of rotatable bonds is 4. The maximum atomic E-state index is 15.0. The van der Waals surface area contributed by atoms with E-state index < -0.39 is 11.8 Å². The first-order valence-electron chi connectivity index (χ1n) is 11.0. The standard InChI is InChI=1S/C25H30F2O2/c1-3-4-15-5-6-17-12-18(8-7-16(17)11-15)21-13-19-9-10-20(25(28)29-2)24(27)22(19)14-23(21)26/h9-10,13-18H,3-8,11-12H2,1-2H3. The molecule has 2 aromatic rings. The van der Waals surface area contributed by atoms with E-state index in [2.05, 4.69) is 11.7 Å². The lowest BCUT2D eigenvalue weighted by Crippen LogP contribution is -2.30. The second-order valence-corrected chi connectivity index (χ2v) is 9.01. The number of fused-ring (bicyclic) bond motifs is 2. The van der Waals surface area contributed by atoms with Crippen LogP contribution in [0.5, 0.6) is 0 Å². The summed E-state index contributed by atoms with van der Waals surface area (Å²) in [6.45, 7) is 2.27. The zero-order valence-corrected chi connectivity index (χ0v) is 17.3. The van der Waals surface area contributed by atoms with Crippen molar-refractivity contribution in [2.45, 2.75) is 64.2 Å². The minimum atomic E-state index is -0.745. The summed E-state index contributed by atoms with van der Waals surface area (Å²) in [5, 5.41) is 0.781. The molecule has 0 saturated heterocycles. The van der Waals surface area contributed by atoms with Crippen LogP contribution in [0.1, 0.15) is 80.1 Å². The molecule has 0 radical (unpaired) electrons. The molecule has 2 fully saturated rings. The first-order chi connectivity index (χ1) is 14.0. The van der Waals surface area contributed by atoms with E-state index >= 15 is 4.39 Å². The predicted molar refractivity (Wildman–Crippen MR) is 111 cm³/mol. The van der Waals surface area contributed by atoms with E-state index in [9.17, 15) is 9.18 Å². The van der Waals surface area contributed by atoms with Crippen LogP contribution < -0.4 is 0 Å². The van der Waals surface area contributed by atoms with Gasteiger partial charge in [-0.3, -0.25) is 0 Å². The zero-order chi connectivity index (χ0) is 20.5. The SMILES string of the molecule is CCCC1CCC2CC(c3cc4ccc(C(=O)OC)c(F)c4cc3F)CCC2C1. The van der Waals surface area contributed by atoms with Crippen LogP contribution in [0.15, 0.2) is 24.3 Å². The number of ether oxygens (including phenoxy) is 1. The number of carbonyl (C=O) groups excluding carboxylic acids is 1. The fourth-order valence-corrected chi connectivity index (χ4v) is 5.85. The molecule has 2 nitrogen and oxygen atoms in total. The topological polar surface area (TPSA) is 26.3 Å².